The SMILES string of the molecule is CC(S)[C@H](C)C(F)(F)F. The van der Waals surface area contributed by atoms with Gasteiger partial charge in [-0.3, -0.25) is 0 Å². The number of hydrogen-bond donors (Lipinski definition) is 1. The summed E-state index contributed by atoms with van der Waals surface area (Å²) < 4.78 is 35.0. The molecule has 0 saturated heterocycles. The van der Waals surface area contributed by atoms with E-state index in [1.165, 1.54) is 6.92 Å². The fraction of sp³-hybridized carbons (Fsp3) is 1.00. The lowest BCUT2D eigenvalue weighted by molar-refractivity contribution is -0.168. The third-order valence-electron chi connectivity index (χ3n) is 1.24. The van der Waals surface area contributed by atoms with Crippen LogP contribution in [0, 0.1) is 5.92 Å². The van der Waals surface area contributed by atoms with E-state index in [2.05, 4.69) is 12.6 Å². The zero-order valence-electron chi connectivity index (χ0n) is 5.24. The molecule has 0 fully saturated rings. The maximum Gasteiger partial charge on any atom is 0.392 e. The van der Waals surface area contributed by atoms with Crippen LogP contribution in [0.25, 0.3) is 0 Å². The first-order valence-corrected chi connectivity index (χ1v) is 3.12. The van der Waals surface area contributed by atoms with Crippen molar-refractivity contribution in [1.29, 1.82) is 0 Å². The van der Waals surface area contributed by atoms with E-state index in [0.717, 1.165) is 6.92 Å². The highest BCUT2D eigenvalue weighted by Crippen LogP contribution is 2.30. The third kappa shape index (κ3) is 2.98. The molecule has 0 heterocycles. The van der Waals surface area contributed by atoms with Gasteiger partial charge in [0.05, 0.1) is 5.92 Å². The molecule has 56 valence electrons. The second-order valence-electron chi connectivity index (χ2n) is 2.07. The lowest BCUT2D eigenvalue weighted by Gasteiger charge is -2.17. The van der Waals surface area contributed by atoms with Gasteiger partial charge in [-0.1, -0.05) is 13.8 Å². The molecule has 1 unspecified atom stereocenters. The lowest BCUT2D eigenvalue weighted by Crippen LogP contribution is -2.26. The van der Waals surface area contributed by atoms with Crippen molar-refractivity contribution in [3.63, 3.8) is 0 Å². The summed E-state index contributed by atoms with van der Waals surface area (Å²) >= 11 is 3.67. The van der Waals surface area contributed by atoms with E-state index in [-0.39, 0.29) is 0 Å². The van der Waals surface area contributed by atoms with Crippen molar-refractivity contribution in [1.82, 2.24) is 0 Å². The van der Waals surface area contributed by atoms with Gasteiger partial charge in [-0.15, -0.1) is 0 Å². The molecule has 0 rings (SSSR count). The first-order valence-electron chi connectivity index (χ1n) is 2.60. The van der Waals surface area contributed by atoms with Gasteiger partial charge < -0.3 is 0 Å². The predicted octanol–water partition coefficient (Wildman–Crippen LogP) is 2.50. The molecule has 2 atom stereocenters. The highest BCUT2D eigenvalue weighted by atomic mass is 32.1. The van der Waals surface area contributed by atoms with Crippen LogP contribution < -0.4 is 0 Å². The van der Waals surface area contributed by atoms with E-state index < -0.39 is 17.3 Å². The Labute approximate surface area is 57.9 Å². The normalized spacial score (nSPS) is 19.3. The summed E-state index contributed by atoms with van der Waals surface area (Å²) in [6.07, 6.45) is -4.10. The average molecular weight is 158 g/mol. The average Bonchev–Trinajstić information content (AvgIpc) is 1.62. The van der Waals surface area contributed by atoms with Crippen LogP contribution >= 0.6 is 12.6 Å². The van der Waals surface area contributed by atoms with Gasteiger partial charge in [0.25, 0.3) is 0 Å². The van der Waals surface area contributed by atoms with Crippen molar-refractivity contribution < 1.29 is 13.2 Å². The number of hydrogen-bond acceptors (Lipinski definition) is 1. The Morgan fingerprint density at radius 1 is 1.22 bits per heavy atom. The molecular weight excluding hydrogens is 149 g/mol. The molecule has 0 nitrogen and oxygen atoms in total. The number of halogens is 3. The third-order valence-corrected chi connectivity index (χ3v) is 1.69. The Bertz CT molecular complexity index is 86.7. The molecule has 0 radical (unpaired) electrons. The van der Waals surface area contributed by atoms with E-state index in [1.807, 2.05) is 0 Å². The molecule has 0 saturated carbocycles. The van der Waals surface area contributed by atoms with Crippen molar-refractivity contribution in [2.45, 2.75) is 25.3 Å². The molecule has 0 aromatic carbocycles. The Hall–Kier alpha value is 0.140. The molecule has 0 spiro atoms. The van der Waals surface area contributed by atoms with Crippen LogP contribution in [-0.2, 0) is 0 Å². The Kier molecular flexibility index (Phi) is 2.86. The molecule has 4 heteroatoms. The van der Waals surface area contributed by atoms with Crippen LogP contribution in [0.5, 0.6) is 0 Å². The van der Waals surface area contributed by atoms with Crippen molar-refractivity contribution in [3.05, 3.63) is 0 Å². The molecule has 0 amide bonds. The molecule has 0 aliphatic rings. The minimum Gasteiger partial charge on any atom is -0.176 e. The van der Waals surface area contributed by atoms with Crippen LogP contribution in [0.2, 0.25) is 0 Å². The van der Waals surface area contributed by atoms with Gasteiger partial charge in [-0.05, 0) is 0 Å². The summed E-state index contributed by atoms with van der Waals surface area (Å²) in [7, 11) is 0. The maximum absolute atomic E-state index is 11.7. The van der Waals surface area contributed by atoms with E-state index in [0.29, 0.717) is 0 Å². The molecule has 0 aromatic heterocycles. The first kappa shape index (κ1) is 9.14. The predicted molar refractivity (Wildman–Crippen MR) is 33.7 cm³/mol. The molecule has 0 aliphatic heterocycles. The van der Waals surface area contributed by atoms with Gasteiger partial charge in [0.2, 0.25) is 0 Å². The Balaban J connectivity index is 3.88. The number of rotatable bonds is 1. The van der Waals surface area contributed by atoms with Crippen molar-refractivity contribution in [2.75, 3.05) is 0 Å². The van der Waals surface area contributed by atoms with E-state index in [9.17, 15) is 13.2 Å². The largest absolute Gasteiger partial charge is 0.392 e. The van der Waals surface area contributed by atoms with Gasteiger partial charge in [-0.25, -0.2) is 0 Å². The standard InChI is InChI=1S/C5H9F3S/c1-3(4(2)9)5(6,7)8/h3-4,9H,1-2H3/t3-,4?/m0/s1. The lowest BCUT2D eigenvalue weighted by atomic mass is 10.1. The second-order valence-corrected chi connectivity index (χ2v) is 2.89. The summed E-state index contributed by atoms with van der Waals surface area (Å²) in [5.74, 6) is -1.32. The molecule has 0 bridgehead atoms. The van der Waals surface area contributed by atoms with Gasteiger partial charge in [-0.2, -0.15) is 25.8 Å². The number of alkyl halides is 3. The fourth-order valence-corrected chi connectivity index (χ4v) is 0.443. The van der Waals surface area contributed by atoms with Crippen LogP contribution in [0.1, 0.15) is 13.8 Å². The first-order chi connectivity index (χ1) is 3.85. The summed E-state index contributed by atoms with van der Waals surface area (Å²) in [6.45, 7) is 2.55. The fourth-order valence-electron chi connectivity index (χ4n) is 0.273. The minimum atomic E-state index is -4.10. The number of thiol groups is 1. The van der Waals surface area contributed by atoms with E-state index in [1.54, 1.807) is 0 Å². The zero-order valence-corrected chi connectivity index (χ0v) is 6.13. The van der Waals surface area contributed by atoms with Crippen LogP contribution in [0.3, 0.4) is 0 Å². The topological polar surface area (TPSA) is 0 Å². The zero-order chi connectivity index (χ0) is 7.65. The second kappa shape index (κ2) is 2.82. The van der Waals surface area contributed by atoms with Crippen LogP contribution in [0.4, 0.5) is 13.2 Å². The highest BCUT2D eigenvalue weighted by Gasteiger charge is 2.37. The van der Waals surface area contributed by atoms with Crippen molar-refractivity contribution in [2.24, 2.45) is 5.92 Å². The molecule has 0 N–H and O–H groups in total. The van der Waals surface area contributed by atoms with Gasteiger partial charge >= 0.3 is 6.18 Å². The molecule has 9 heavy (non-hydrogen) atoms. The summed E-state index contributed by atoms with van der Waals surface area (Å²) in [4.78, 5) is 0. The van der Waals surface area contributed by atoms with Crippen molar-refractivity contribution >= 4 is 12.6 Å². The van der Waals surface area contributed by atoms with Crippen LogP contribution in [-0.4, -0.2) is 11.4 Å². The quantitative estimate of drug-likeness (QED) is 0.557. The van der Waals surface area contributed by atoms with Gasteiger partial charge in [0, 0.05) is 5.25 Å². The summed E-state index contributed by atoms with van der Waals surface area (Å²) in [5, 5.41) is -0.620. The van der Waals surface area contributed by atoms with Crippen molar-refractivity contribution in [3.8, 4) is 0 Å². The molecule has 0 aromatic rings. The molecular formula is C5H9F3S. The molecule has 0 aliphatic carbocycles. The summed E-state index contributed by atoms with van der Waals surface area (Å²) in [5.41, 5.74) is 0. The van der Waals surface area contributed by atoms with Crippen LogP contribution in [0.15, 0.2) is 0 Å². The van der Waals surface area contributed by atoms with E-state index >= 15 is 0 Å². The Morgan fingerprint density at radius 3 is 1.56 bits per heavy atom. The smallest absolute Gasteiger partial charge is 0.176 e. The van der Waals surface area contributed by atoms with Gasteiger partial charge in [0.15, 0.2) is 0 Å². The summed E-state index contributed by atoms with van der Waals surface area (Å²) in [6, 6.07) is 0. The van der Waals surface area contributed by atoms with Gasteiger partial charge in [0.1, 0.15) is 0 Å². The monoisotopic (exact) mass is 158 g/mol. The minimum absolute atomic E-state index is 0.620. The van der Waals surface area contributed by atoms with E-state index in [4.69, 9.17) is 0 Å². The maximum atomic E-state index is 11.7. The Morgan fingerprint density at radius 2 is 1.56 bits per heavy atom. The highest BCUT2D eigenvalue weighted by molar-refractivity contribution is 7.80.